The molecule has 0 saturated carbocycles. The van der Waals surface area contributed by atoms with E-state index in [1.165, 1.54) is 23.3 Å². The summed E-state index contributed by atoms with van der Waals surface area (Å²) in [7, 11) is 0. The van der Waals surface area contributed by atoms with Gasteiger partial charge in [-0.2, -0.15) is 5.26 Å². The molecule has 8 heteroatoms. The number of halogens is 2. The number of hydrogen-bond donors (Lipinski definition) is 2. The largest absolute Gasteiger partial charge is 0.379 e. The average Bonchev–Trinajstić information content (AvgIpc) is 2.78. The van der Waals surface area contributed by atoms with Gasteiger partial charge in [-0.25, -0.2) is 9.38 Å². The third kappa shape index (κ3) is 7.76. The van der Waals surface area contributed by atoms with Crippen molar-refractivity contribution in [3.05, 3.63) is 70.5 Å². The lowest BCUT2D eigenvalue weighted by Gasteiger charge is -2.27. The normalized spacial score (nSPS) is 14.4. The number of hydrogen-bond acceptors (Lipinski definition) is 4. The summed E-state index contributed by atoms with van der Waals surface area (Å²) < 4.78 is 19.5. The van der Waals surface area contributed by atoms with E-state index in [0.29, 0.717) is 30.2 Å². The minimum Gasteiger partial charge on any atom is -0.379 e. The van der Waals surface area contributed by atoms with Gasteiger partial charge in [0.1, 0.15) is 5.82 Å². The summed E-state index contributed by atoms with van der Waals surface area (Å²) in [5, 5.41) is 15.6. The molecule has 0 radical (unpaired) electrons. The van der Waals surface area contributed by atoms with Crippen LogP contribution >= 0.6 is 24.0 Å². The second kappa shape index (κ2) is 13.2. The van der Waals surface area contributed by atoms with Crippen molar-refractivity contribution in [3.63, 3.8) is 0 Å². The minimum absolute atomic E-state index is 0. The van der Waals surface area contributed by atoms with Gasteiger partial charge in [0.25, 0.3) is 0 Å². The Kier molecular flexibility index (Phi) is 10.7. The second-order valence-electron chi connectivity index (χ2n) is 7.12. The van der Waals surface area contributed by atoms with Crippen LogP contribution in [0.2, 0.25) is 0 Å². The number of nitrogens with zero attached hydrogens (tertiary/aromatic N) is 3. The van der Waals surface area contributed by atoms with Crippen LogP contribution in [0, 0.1) is 17.1 Å². The van der Waals surface area contributed by atoms with Crippen molar-refractivity contribution in [3.8, 4) is 6.07 Å². The molecule has 1 saturated heterocycles. The van der Waals surface area contributed by atoms with Crippen molar-refractivity contribution in [2.24, 2.45) is 4.99 Å². The third-order valence-corrected chi connectivity index (χ3v) is 4.99. The smallest absolute Gasteiger partial charge is 0.191 e. The Hall–Kier alpha value is -2.22. The van der Waals surface area contributed by atoms with Crippen LogP contribution < -0.4 is 10.6 Å². The number of ether oxygens (including phenoxy) is 1. The van der Waals surface area contributed by atoms with E-state index in [9.17, 15) is 4.39 Å². The van der Waals surface area contributed by atoms with Crippen LogP contribution in [-0.2, 0) is 24.4 Å². The molecule has 0 unspecified atom stereocenters. The molecular weight excluding hydrogens is 508 g/mol. The maximum absolute atomic E-state index is 14.0. The summed E-state index contributed by atoms with van der Waals surface area (Å²) in [6.07, 6.45) is 0. The zero-order valence-electron chi connectivity index (χ0n) is 17.7. The van der Waals surface area contributed by atoms with Crippen molar-refractivity contribution in [1.82, 2.24) is 15.5 Å². The highest BCUT2D eigenvalue weighted by atomic mass is 127. The topological polar surface area (TPSA) is 72.7 Å². The molecule has 2 aromatic carbocycles. The van der Waals surface area contributed by atoms with E-state index in [0.717, 1.165) is 32.8 Å². The van der Waals surface area contributed by atoms with E-state index in [-0.39, 0.29) is 36.3 Å². The summed E-state index contributed by atoms with van der Waals surface area (Å²) in [5.41, 5.74) is 3.30. The molecule has 31 heavy (non-hydrogen) atoms. The number of rotatable bonds is 7. The standard InChI is InChI=1S/C23H28FN5O.HI/c1-2-26-23(28-16-21-13-18(14-25)7-8-22(21)24)27-15-19-5-3-4-6-20(19)17-29-9-11-30-12-10-29;/h3-8,13H,2,9-12,15-17H2,1H3,(H2,26,27,28);1H. The zero-order chi connectivity index (χ0) is 21.2. The van der Waals surface area contributed by atoms with E-state index >= 15 is 0 Å². The molecule has 2 aromatic rings. The Labute approximate surface area is 200 Å². The molecule has 0 bridgehead atoms. The molecule has 0 aromatic heterocycles. The Morgan fingerprint density at radius 3 is 2.58 bits per heavy atom. The van der Waals surface area contributed by atoms with Gasteiger partial charge in [0.2, 0.25) is 0 Å². The molecule has 1 aliphatic rings. The number of morpholine rings is 1. The predicted octanol–water partition coefficient (Wildman–Crippen LogP) is 3.40. The maximum Gasteiger partial charge on any atom is 0.191 e. The van der Waals surface area contributed by atoms with Crippen LogP contribution in [0.15, 0.2) is 47.5 Å². The van der Waals surface area contributed by atoms with Crippen LogP contribution in [0.5, 0.6) is 0 Å². The van der Waals surface area contributed by atoms with E-state index in [2.05, 4.69) is 38.7 Å². The monoisotopic (exact) mass is 537 g/mol. The first-order valence-electron chi connectivity index (χ1n) is 10.3. The Morgan fingerprint density at radius 2 is 1.87 bits per heavy atom. The van der Waals surface area contributed by atoms with Gasteiger partial charge in [-0.3, -0.25) is 4.90 Å². The van der Waals surface area contributed by atoms with Crippen molar-refractivity contribution >= 4 is 29.9 Å². The van der Waals surface area contributed by atoms with Crippen molar-refractivity contribution in [2.75, 3.05) is 32.8 Å². The molecule has 2 N–H and O–H groups in total. The second-order valence-corrected chi connectivity index (χ2v) is 7.12. The number of nitriles is 1. The predicted molar refractivity (Wildman–Crippen MR) is 131 cm³/mol. The van der Waals surface area contributed by atoms with Gasteiger partial charge in [-0.15, -0.1) is 24.0 Å². The number of guanidine groups is 1. The summed E-state index contributed by atoms with van der Waals surface area (Å²) in [6, 6.07) is 14.7. The first-order valence-corrected chi connectivity index (χ1v) is 10.3. The summed E-state index contributed by atoms with van der Waals surface area (Å²) in [5.74, 6) is 0.255. The fraction of sp³-hybridized carbons (Fsp3) is 0.391. The van der Waals surface area contributed by atoms with Gasteiger partial charge >= 0.3 is 0 Å². The van der Waals surface area contributed by atoms with Crippen molar-refractivity contribution < 1.29 is 9.13 Å². The van der Waals surface area contributed by atoms with Gasteiger partial charge in [0.15, 0.2) is 5.96 Å². The number of nitrogens with one attached hydrogen (secondary N) is 2. The molecule has 1 heterocycles. The van der Waals surface area contributed by atoms with Gasteiger partial charge in [-0.05, 0) is 36.2 Å². The van der Waals surface area contributed by atoms with Gasteiger partial charge in [-0.1, -0.05) is 24.3 Å². The highest BCUT2D eigenvalue weighted by Crippen LogP contribution is 2.14. The van der Waals surface area contributed by atoms with E-state index in [4.69, 9.17) is 10.00 Å². The molecule has 0 aliphatic carbocycles. The van der Waals surface area contributed by atoms with Crippen LogP contribution in [0.1, 0.15) is 29.2 Å². The lowest BCUT2D eigenvalue weighted by molar-refractivity contribution is 0.0341. The zero-order valence-corrected chi connectivity index (χ0v) is 20.1. The molecule has 0 amide bonds. The van der Waals surface area contributed by atoms with Gasteiger partial charge < -0.3 is 15.4 Å². The molecule has 3 rings (SSSR count). The molecule has 0 atom stereocenters. The van der Waals surface area contributed by atoms with E-state index in [1.807, 2.05) is 19.1 Å². The quantitative estimate of drug-likeness (QED) is 0.322. The Bertz CT molecular complexity index is 909. The van der Waals surface area contributed by atoms with Gasteiger partial charge in [0.05, 0.1) is 31.4 Å². The molecule has 1 aliphatic heterocycles. The van der Waals surface area contributed by atoms with Crippen LogP contribution in [0.25, 0.3) is 0 Å². The Balaban J connectivity index is 0.00000341. The molecular formula is C23H29FIN5O. The van der Waals surface area contributed by atoms with Crippen LogP contribution in [0.4, 0.5) is 4.39 Å². The molecule has 0 spiro atoms. The summed E-state index contributed by atoms with van der Waals surface area (Å²) in [6.45, 7) is 7.80. The average molecular weight is 537 g/mol. The SMILES string of the molecule is CCNC(=NCc1cc(C#N)ccc1F)NCc1ccccc1CN1CCOCC1.I. The summed E-state index contributed by atoms with van der Waals surface area (Å²) >= 11 is 0. The van der Waals surface area contributed by atoms with Crippen LogP contribution in [0.3, 0.4) is 0 Å². The highest BCUT2D eigenvalue weighted by Gasteiger charge is 2.13. The first kappa shape index (κ1) is 25.0. The minimum atomic E-state index is -0.357. The number of benzene rings is 2. The lowest BCUT2D eigenvalue weighted by atomic mass is 10.1. The van der Waals surface area contributed by atoms with E-state index in [1.54, 1.807) is 6.07 Å². The highest BCUT2D eigenvalue weighted by molar-refractivity contribution is 14.0. The van der Waals surface area contributed by atoms with Crippen molar-refractivity contribution in [2.45, 2.75) is 26.6 Å². The van der Waals surface area contributed by atoms with Gasteiger partial charge in [0, 0.05) is 38.3 Å². The lowest BCUT2D eigenvalue weighted by Crippen LogP contribution is -2.38. The fourth-order valence-electron chi connectivity index (χ4n) is 3.33. The fourth-order valence-corrected chi connectivity index (χ4v) is 3.33. The third-order valence-electron chi connectivity index (χ3n) is 4.99. The van der Waals surface area contributed by atoms with E-state index < -0.39 is 0 Å². The Morgan fingerprint density at radius 1 is 1.13 bits per heavy atom. The number of aliphatic imine (C=N–C) groups is 1. The molecule has 1 fully saturated rings. The van der Waals surface area contributed by atoms with Crippen LogP contribution in [-0.4, -0.2) is 43.7 Å². The summed E-state index contributed by atoms with van der Waals surface area (Å²) in [4.78, 5) is 6.89. The first-order chi connectivity index (χ1) is 14.7. The maximum atomic E-state index is 14.0. The molecule has 166 valence electrons. The van der Waals surface area contributed by atoms with Crippen molar-refractivity contribution in [1.29, 1.82) is 5.26 Å². The molecule has 6 nitrogen and oxygen atoms in total.